The molecule has 1 nitrogen and oxygen atoms in total. The van der Waals surface area contributed by atoms with E-state index >= 15 is 0 Å². The summed E-state index contributed by atoms with van der Waals surface area (Å²) in [4.78, 5) is 0. The van der Waals surface area contributed by atoms with Crippen molar-refractivity contribution in [3.8, 4) is 0 Å². The normalized spacial score (nSPS) is 22.0. The minimum atomic E-state index is 0.235. The summed E-state index contributed by atoms with van der Waals surface area (Å²) in [7, 11) is 0. The first kappa shape index (κ1) is 13.6. The van der Waals surface area contributed by atoms with Crippen LogP contribution in [0, 0.1) is 0 Å². The van der Waals surface area contributed by atoms with Gasteiger partial charge in [-0.2, -0.15) is 0 Å². The Balaban J connectivity index is 2.47. The topological polar surface area (TPSA) is 12.0 Å². The van der Waals surface area contributed by atoms with Crippen molar-refractivity contribution in [3.05, 3.63) is 34.9 Å². The third-order valence-corrected chi connectivity index (χ3v) is 4.19. The molecule has 0 saturated heterocycles. The lowest BCUT2D eigenvalue weighted by molar-refractivity contribution is 0.433. The smallest absolute Gasteiger partial charge is 0.0331 e. The Labute approximate surface area is 112 Å². The van der Waals surface area contributed by atoms with Crippen molar-refractivity contribution in [2.45, 2.75) is 64.8 Å². The standard InChI is InChI=1S/C17H27N/c1-7-18-15-11-17(5,6)14-9-8-12(10-13(14)15)16(2,3)4/h8-10,15,18H,7,11H2,1-6H3. The molecule has 1 atom stereocenters. The molecule has 0 fully saturated rings. The molecule has 1 N–H and O–H groups in total. The minimum absolute atomic E-state index is 0.235. The van der Waals surface area contributed by atoms with Crippen LogP contribution in [0.3, 0.4) is 0 Å². The highest BCUT2D eigenvalue weighted by atomic mass is 14.9. The van der Waals surface area contributed by atoms with Crippen molar-refractivity contribution in [1.29, 1.82) is 0 Å². The van der Waals surface area contributed by atoms with E-state index in [-0.39, 0.29) is 5.41 Å². The molecule has 1 aliphatic carbocycles. The Morgan fingerprint density at radius 2 is 1.94 bits per heavy atom. The number of rotatable bonds is 2. The number of hydrogen-bond donors (Lipinski definition) is 1. The second-order valence-electron chi connectivity index (χ2n) is 7.25. The summed E-state index contributed by atoms with van der Waals surface area (Å²) in [5.74, 6) is 0. The van der Waals surface area contributed by atoms with Gasteiger partial charge < -0.3 is 5.32 Å². The van der Waals surface area contributed by atoms with Crippen molar-refractivity contribution >= 4 is 0 Å². The molecule has 0 amide bonds. The summed E-state index contributed by atoms with van der Waals surface area (Å²) in [6.45, 7) is 14.8. The predicted molar refractivity (Wildman–Crippen MR) is 79.2 cm³/mol. The molecule has 0 aliphatic heterocycles. The first-order valence-corrected chi connectivity index (χ1v) is 7.14. The molecule has 1 aromatic rings. The highest BCUT2D eigenvalue weighted by Gasteiger charge is 2.36. The van der Waals surface area contributed by atoms with Crippen LogP contribution in [0.25, 0.3) is 0 Å². The van der Waals surface area contributed by atoms with E-state index in [2.05, 4.69) is 65.1 Å². The van der Waals surface area contributed by atoms with Gasteiger partial charge in [-0.05, 0) is 40.5 Å². The Hall–Kier alpha value is -0.820. The molecule has 1 aliphatic rings. The summed E-state index contributed by atoms with van der Waals surface area (Å²) in [6.07, 6.45) is 1.21. The SMILES string of the molecule is CCNC1CC(C)(C)c2ccc(C(C)(C)C)cc21. The molecular formula is C17H27N. The lowest BCUT2D eigenvalue weighted by Crippen LogP contribution is -2.21. The van der Waals surface area contributed by atoms with Crippen molar-refractivity contribution in [1.82, 2.24) is 5.32 Å². The Bertz CT molecular complexity index is 437. The number of nitrogens with one attached hydrogen (secondary N) is 1. The molecule has 0 saturated carbocycles. The maximum absolute atomic E-state index is 3.63. The fourth-order valence-electron chi connectivity index (χ4n) is 3.09. The summed E-state index contributed by atoms with van der Waals surface area (Å²) in [5.41, 5.74) is 5.04. The van der Waals surface area contributed by atoms with Gasteiger partial charge in [-0.3, -0.25) is 0 Å². The molecule has 1 aromatic carbocycles. The van der Waals surface area contributed by atoms with Crippen molar-refractivity contribution < 1.29 is 0 Å². The van der Waals surface area contributed by atoms with Gasteiger partial charge in [0.2, 0.25) is 0 Å². The van der Waals surface area contributed by atoms with E-state index in [1.54, 1.807) is 0 Å². The Morgan fingerprint density at radius 3 is 2.50 bits per heavy atom. The zero-order valence-electron chi connectivity index (χ0n) is 12.7. The summed E-state index contributed by atoms with van der Waals surface area (Å²) >= 11 is 0. The third kappa shape index (κ3) is 2.33. The largest absolute Gasteiger partial charge is 0.310 e. The molecule has 100 valence electrons. The van der Waals surface area contributed by atoms with E-state index in [0.717, 1.165) is 6.54 Å². The maximum Gasteiger partial charge on any atom is 0.0331 e. The Kier molecular flexibility index (Phi) is 3.31. The second kappa shape index (κ2) is 4.38. The molecule has 0 aromatic heterocycles. The molecule has 0 spiro atoms. The first-order valence-electron chi connectivity index (χ1n) is 7.14. The Morgan fingerprint density at radius 1 is 1.28 bits per heavy atom. The van der Waals surface area contributed by atoms with Gasteiger partial charge in [-0.1, -0.05) is 59.7 Å². The molecule has 0 bridgehead atoms. The van der Waals surface area contributed by atoms with E-state index in [1.807, 2.05) is 0 Å². The van der Waals surface area contributed by atoms with Gasteiger partial charge in [0.05, 0.1) is 0 Å². The van der Waals surface area contributed by atoms with Gasteiger partial charge in [0, 0.05) is 6.04 Å². The highest BCUT2D eigenvalue weighted by molar-refractivity contribution is 5.45. The van der Waals surface area contributed by atoms with Gasteiger partial charge in [0.25, 0.3) is 0 Å². The zero-order chi connectivity index (χ0) is 13.6. The van der Waals surface area contributed by atoms with Crippen LogP contribution in [0.5, 0.6) is 0 Å². The molecule has 1 unspecified atom stereocenters. The van der Waals surface area contributed by atoms with Crippen molar-refractivity contribution in [2.24, 2.45) is 0 Å². The van der Waals surface area contributed by atoms with E-state index in [9.17, 15) is 0 Å². The van der Waals surface area contributed by atoms with Gasteiger partial charge in [-0.15, -0.1) is 0 Å². The quantitative estimate of drug-likeness (QED) is 0.818. The van der Waals surface area contributed by atoms with Crippen molar-refractivity contribution in [2.75, 3.05) is 6.54 Å². The van der Waals surface area contributed by atoms with Crippen molar-refractivity contribution in [3.63, 3.8) is 0 Å². The van der Waals surface area contributed by atoms with E-state index in [0.29, 0.717) is 11.5 Å². The van der Waals surface area contributed by atoms with Gasteiger partial charge in [0.1, 0.15) is 0 Å². The summed E-state index contributed by atoms with van der Waals surface area (Å²) < 4.78 is 0. The van der Waals surface area contributed by atoms with Crippen LogP contribution in [0.1, 0.15) is 70.7 Å². The van der Waals surface area contributed by atoms with Gasteiger partial charge in [0.15, 0.2) is 0 Å². The van der Waals surface area contributed by atoms with Crippen LogP contribution in [0.15, 0.2) is 18.2 Å². The summed E-state index contributed by atoms with van der Waals surface area (Å²) in [6, 6.07) is 7.63. The van der Waals surface area contributed by atoms with Crippen LogP contribution >= 0.6 is 0 Å². The monoisotopic (exact) mass is 245 g/mol. The number of hydrogen-bond acceptors (Lipinski definition) is 1. The lowest BCUT2D eigenvalue weighted by atomic mass is 9.82. The molecule has 0 radical (unpaired) electrons. The molecule has 0 heterocycles. The van der Waals surface area contributed by atoms with E-state index < -0.39 is 0 Å². The molecule has 1 heteroatoms. The van der Waals surface area contributed by atoms with Gasteiger partial charge >= 0.3 is 0 Å². The fourth-order valence-corrected chi connectivity index (χ4v) is 3.09. The van der Waals surface area contributed by atoms with Crippen LogP contribution in [0.2, 0.25) is 0 Å². The van der Waals surface area contributed by atoms with E-state index in [1.165, 1.54) is 23.1 Å². The van der Waals surface area contributed by atoms with Gasteiger partial charge in [-0.25, -0.2) is 0 Å². The average Bonchev–Trinajstić information content (AvgIpc) is 2.50. The third-order valence-electron chi connectivity index (χ3n) is 4.19. The fraction of sp³-hybridized carbons (Fsp3) is 0.647. The van der Waals surface area contributed by atoms with E-state index in [4.69, 9.17) is 0 Å². The zero-order valence-corrected chi connectivity index (χ0v) is 12.7. The number of benzene rings is 1. The molecular weight excluding hydrogens is 218 g/mol. The minimum Gasteiger partial charge on any atom is -0.310 e. The molecule has 2 rings (SSSR count). The van der Waals surface area contributed by atoms with Crippen LogP contribution in [-0.4, -0.2) is 6.54 Å². The lowest BCUT2D eigenvalue weighted by Gasteiger charge is -2.22. The van der Waals surface area contributed by atoms with Crippen LogP contribution in [0.4, 0.5) is 0 Å². The predicted octanol–water partition coefficient (Wildman–Crippen LogP) is 4.32. The maximum atomic E-state index is 3.63. The second-order valence-corrected chi connectivity index (χ2v) is 7.25. The average molecular weight is 245 g/mol. The first-order chi connectivity index (χ1) is 8.25. The summed E-state index contributed by atoms with van der Waals surface area (Å²) in [5, 5.41) is 3.63. The number of fused-ring (bicyclic) bond motifs is 1. The van der Waals surface area contributed by atoms with Crippen LogP contribution in [-0.2, 0) is 10.8 Å². The highest BCUT2D eigenvalue weighted by Crippen LogP contribution is 2.45. The van der Waals surface area contributed by atoms with Crippen LogP contribution < -0.4 is 5.32 Å². The molecule has 18 heavy (non-hydrogen) atoms.